The van der Waals surface area contributed by atoms with Crippen LogP contribution in [0.3, 0.4) is 0 Å². The SMILES string of the molecule is CSc1ccc2cc(COC(=O)c3ccc(NC(N)=O)cc3)c(Cl)nc2c1. The summed E-state index contributed by atoms with van der Waals surface area (Å²) in [6, 6.07) is 13.3. The lowest BCUT2D eigenvalue weighted by atomic mass is 10.1. The average Bonchev–Trinajstić information content (AvgIpc) is 2.65. The first-order chi connectivity index (χ1) is 13.0. The normalized spacial score (nSPS) is 10.6. The van der Waals surface area contributed by atoms with Crippen LogP contribution in [0.4, 0.5) is 10.5 Å². The molecule has 2 amide bonds. The number of thioether (sulfide) groups is 1. The highest BCUT2D eigenvalue weighted by atomic mass is 35.5. The highest BCUT2D eigenvalue weighted by molar-refractivity contribution is 7.98. The Bertz CT molecular complexity index is 1010. The molecule has 6 nitrogen and oxygen atoms in total. The predicted octanol–water partition coefficient (Wildman–Crippen LogP) is 4.46. The van der Waals surface area contributed by atoms with Crippen LogP contribution in [-0.4, -0.2) is 23.2 Å². The minimum atomic E-state index is -0.673. The van der Waals surface area contributed by atoms with Gasteiger partial charge in [0, 0.05) is 21.5 Å². The Morgan fingerprint density at radius 1 is 1.19 bits per heavy atom. The molecule has 0 bridgehead atoms. The number of ether oxygens (including phenoxy) is 1. The van der Waals surface area contributed by atoms with Crippen molar-refractivity contribution in [1.82, 2.24) is 4.98 Å². The van der Waals surface area contributed by atoms with E-state index < -0.39 is 12.0 Å². The van der Waals surface area contributed by atoms with Gasteiger partial charge in [-0.3, -0.25) is 0 Å². The number of urea groups is 1. The standard InChI is InChI=1S/C19H16ClN3O3S/c1-27-15-7-4-12-8-13(17(20)23-16(12)9-15)10-26-18(24)11-2-5-14(6-3-11)22-19(21)25/h2-9H,10H2,1H3,(H3,21,22,25). The third-order valence-corrected chi connectivity index (χ3v) is 4.85. The van der Waals surface area contributed by atoms with Crippen molar-refractivity contribution in [2.75, 3.05) is 11.6 Å². The van der Waals surface area contributed by atoms with E-state index in [4.69, 9.17) is 22.1 Å². The number of pyridine rings is 1. The average molecular weight is 402 g/mol. The molecule has 1 heterocycles. The van der Waals surface area contributed by atoms with E-state index in [9.17, 15) is 9.59 Å². The molecule has 0 saturated carbocycles. The number of hydrogen-bond donors (Lipinski definition) is 2. The van der Waals surface area contributed by atoms with Gasteiger partial charge in [-0.25, -0.2) is 14.6 Å². The molecule has 0 saturated heterocycles. The molecule has 1 aromatic heterocycles. The molecule has 2 aromatic carbocycles. The van der Waals surface area contributed by atoms with Gasteiger partial charge in [0.05, 0.1) is 11.1 Å². The fourth-order valence-corrected chi connectivity index (χ4v) is 3.09. The van der Waals surface area contributed by atoms with E-state index in [-0.39, 0.29) is 6.61 Å². The van der Waals surface area contributed by atoms with E-state index in [1.165, 1.54) is 12.1 Å². The zero-order valence-electron chi connectivity index (χ0n) is 14.4. The summed E-state index contributed by atoms with van der Waals surface area (Å²) in [7, 11) is 0. The van der Waals surface area contributed by atoms with Gasteiger partial charge in [-0.15, -0.1) is 11.8 Å². The summed E-state index contributed by atoms with van der Waals surface area (Å²) in [6.45, 7) is 0.00612. The fourth-order valence-electron chi connectivity index (χ4n) is 2.45. The number of carbonyl (C=O) groups excluding carboxylic acids is 2. The molecule has 3 N–H and O–H groups in total. The second-order valence-electron chi connectivity index (χ2n) is 5.64. The van der Waals surface area contributed by atoms with E-state index >= 15 is 0 Å². The zero-order chi connectivity index (χ0) is 19.4. The van der Waals surface area contributed by atoms with Crippen LogP contribution in [0, 0.1) is 0 Å². The van der Waals surface area contributed by atoms with Crippen LogP contribution in [0.2, 0.25) is 5.15 Å². The van der Waals surface area contributed by atoms with Crippen molar-refractivity contribution < 1.29 is 14.3 Å². The Labute approximate surface area is 165 Å². The Balaban J connectivity index is 1.71. The van der Waals surface area contributed by atoms with Gasteiger partial charge in [-0.2, -0.15) is 0 Å². The minimum absolute atomic E-state index is 0.00612. The van der Waals surface area contributed by atoms with Crippen LogP contribution in [0.15, 0.2) is 53.4 Å². The van der Waals surface area contributed by atoms with Gasteiger partial charge in [0.25, 0.3) is 0 Å². The summed E-state index contributed by atoms with van der Waals surface area (Å²) in [5.41, 5.74) is 7.30. The first-order valence-corrected chi connectivity index (χ1v) is 9.53. The molecule has 0 aliphatic heterocycles. The predicted molar refractivity (Wildman–Crippen MR) is 107 cm³/mol. The molecule has 3 aromatic rings. The Morgan fingerprint density at radius 3 is 2.59 bits per heavy atom. The maximum absolute atomic E-state index is 12.2. The Hall–Kier alpha value is -2.77. The van der Waals surface area contributed by atoms with E-state index in [1.54, 1.807) is 23.9 Å². The lowest BCUT2D eigenvalue weighted by Crippen LogP contribution is -2.19. The first-order valence-electron chi connectivity index (χ1n) is 7.93. The third-order valence-electron chi connectivity index (χ3n) is 3.80. The van der Waals surface area contributed by atoms with Gasteiger partial charge in [-0.1, -0.05) is 17.7 Å². The number of fused-ring (bicyclic) bond motifs is 1. The van der Waals surface area contributed by atoms with Crippen molar-refractivity contribution in [3.05, 3.63) is 64.8 Å². The van der Waals surface area contributed by atoms with Crippen LogP contribution in [0.5, 0.6) is 0 Å². The molecular formula is C19H16ClN3O3S. The number of carbonyl (C=O) groups is 2. The molecule has 0 aliphatic rings. The van der Waals surface area contributed by atoms with E-state index in [1.807, 2.05) is 30.5 Å². The van der Waals surface area contributed by atoms with Crippen LogP contribution >= 0.6 is 23.4 Å². The number of aromatic nitrogens is 1. The first kappa shape index (κ1) is 19.0. The maximum atomic E-state index is 12.2. The van der Waals surface area contributed by atoms with Crippen molar-refractivity contribution in [2.45, 2.75) is 11.5 Å². The molecule has 0 spiro atoms. The molecule has 8 heteroatoms. The van der Waals surface area contributed by atoms with Crippen molar-refractivity contribution in [2.24, 2.45) is 5.73 Å². The highest BCUT2D eigenvalue weighted by Crippen LogP contribution is 2.25. The number of rotatable bonds is 5. The largest absolute Gasteiger partial charge is 0.457 e. The van der Waals surface area contributed by atoms with Gasteiger partial charge in [-0.05, 0) is 48.7 Å². The van der Waals surface area contributed by atoms with Crippen molar-refractivity contribution in [3.63, 3.8) is 0 Å². The fraction of sp³-hybridized carbons (Fsp3) is 0.105. The molecule has 0 atom stereocenters. The molecular weight excluding hydrogens is 386 g/mol. The summed E-state index contributed by atoms with van der Waals surface area (Å²) in [5, 5.41) is 3.64. The molecule has 0 aliphatic carbocycles. The number of primary amides is 1. The highest BCUT2D eigenvalue weighted by Gasteiger charge is 2.11. The van der Waals surface area contributed by atoms with Crippen LogP contribution < -0.4 is 11.1 Å². The van der Waals surface area contributed by atoms with Gasteiger partial charge >= 0.3 is 12.0 Å². The number of esters is 1. The second kappa shape index (κ2) is 8.28. The summed E-state index contributed by atoms with van der Waals surface area (Å²) >= 11 is 7.86. The van der Waals surface area contributed by atoms with E-state index in [0.717, 1.165) is 15.8 Å². The number of amides is 2. The number of benzene rings is 2. The van der Waals surface area contributed by atoms with Gasteiger partial charge in [0.15, 0.2) is 0 Å². The number of nitrogens with zero attached hydrogens (tertiary/aromatic N) is 1. The third kappa shape index (κ3) is 4.69. The van der Waals surface area contributed by atoms with Crippen LogP contribution in [0.1, 0.15) is 15.9 Å². The Kier molecular flexibility index (Phi) is 5.83. The second-order valence-corrected chi connectivity index (χ2v) is 6.88. The molecule has 0 fully saturated rings. The quantitative estimate of drug-likeness (QED) is 0.374. The van der Waals surface area contributed by atoms with Crippen LogP contribution in [0.25, 0.3) is 10.9 Å². The van der Waals surface area contributed by atoms with E-state index in [0.29, 0.717) is 22.0 Å². The van der Waals surface area contributed by atoms with Gasteiger partial charge in [0.1, 0.15) is 11.8 Å². The zero-order valence-corrected chi connectivity index (χ0v) is 15.9. The maximum Gasteiger partial charge on any atom is 0.338 e. The molecule has 27 heavy (non-hydrogen) atoms. The molecule has 138 valence electrons. The number of nitrogens with two attached hydrogens (primary N) is 1. The number of anilines is 1. The summed E-state index contributed by atoms with van der Waals surface area (Å²) in [4.78, 5) is 28.5. The molecule has 0 radical (unpaired) electrons. The number of hydrogen-bond acceptors (Lipinski definition) is 5. The Morgan fingerprint density at radius 2 is 1.93 bits per heavy atom. The van der Waals surface area contributed by atoms with Gasteiger partial charge in [0.2, 0.25) is 0 Å². The lowest BCUT2D eigenvalue weighted by Gasteiger charge is -2.09. The minimum Gasteiger partial charge on any atom is -0.457 e. The lowest BCUT2D eigenvalue weighted by molar-refractivity contribution is 0.0472. The van der Waals surface area contributed by atoms with Crippen molar-refractivity contribution in [3.8, 4) is 0 Å². The van der Waals surface area contributed by atoms with Gasteiger partial charge < -0.3 is 15.8 Å². The molecule has 3 rings (SSSR count). The van der Waals surface area contributed by atoms with Crippen molar-refractivity contribution in [1.29, 1.82) is 0 Å². The van der Waals surface area contributed by atoms with Crippen LogP contribution in [-0.2, 0) is 11.3 Å². The molecule has 0 unspecified atom stereocenters. The summed E-state index contributed by atoms with van der Waals surface area (Å²) in [5.74, 6) is -0.505. The monoisotopic (exact) mass is 401 g/mol. The smallest absolute Gasteiger partial charge is 0.338 e. The van der Waals surface area contributed by atoms with Crippen molar-refractivity contribution >= 4 is 52.0 Å². The summed E-state index contributed by atoms with van der Waals surface area (Å²) < 4.78 is 5.33. The number of nitrogens with one attached hydrogen (secondary N) is 1. The topological polar surface area (TPSA) is 94.3 Å². The van der Waals surface area contributed by atoms with E-state index in [2.05, 4.69) is 10.3 Å². The summed E-state index contributed by atoms with van der Waals surface area (Å²) in [6.07, 6.45) is 1.99. The number of halogens is 1.